The van der Waals surface area contributed by atoms with Gasteiger partial charge in [0.1, 0.15) is 48.8 Å². The molecule has 12 atom stereocenters. The largest absolute Gasteiger partial charge is 0.394 e. The minimum Gasteiger partial charge on any atom is -0.394 e. The van der Waals surface area contributed by atoms with Crippen LogP contribution in [0.4, 0.5) is 0 Å². The van der Waals surface area contributed by atoms with Gasteiger partial charge in [0.25, 0.3) is 0 Å². The summed E-state index contributed by atoms with van der Waals surface area (Å²) in [4.78, 5) is 13.3. The Labute approximate surface area is 476 Å². The zero-order valence-corrected chi connectivity index (χ0v) is 49.9. The zero-order chi connectivity index (χ0) is 56.7. The highest BCUT2D eigenvalue weighted by molar-refractivity contribution is 5.76. The average Bonchev–Trinajstić information content (AvgIpc) is 3.48. The van der Waals surface area contributed by atoms with Crippen molar-refractivity contribution in [2.24, 2.45) is 0 Å². The van der Waals surface area contributed by atoms with Gasteiger partial charge in [-0.1, -0.05) is 264 Å². The van der Waals surface area contributed by atoms with Crippen molar-refractivity contribution in [2.75, 3.05) is 19.8 Å². The molecule has 9 N–H and O–H groups in total. The quantitative estimate of drug-likeness (QED) is 0.0204. The third-order valence-corrected chi connectivity index (χ3v) is 16.5. The molecule has 1 amide bonds. The lowest BCUT2D eigenvalue weighted by Crippen LogP contribution is -2.65. The van der Waals surface area contributed by atoms with Gasteiger partial charge in [0.05, 0.1) is 32.0 Å². The molecule has 78 heavy (non-hydrogen) atoms. The van der Waals surface area contributed by atoms with Gasteiger partial charge in [-0.05, 0) is 38.5 Å². The summed E-state index contributed by atoms with van der Waals surface area (Å²) >= 11 is 0. The Bertz CT molecular complexity index is 1360. The molecule has 0 aromatic carbocycles. The Kier molecular flexibility index (Phi) is 46.9. The van der Waals surface area contributed by atoms with Gasteiger partial charge in [-0.3, -0.25) is 4.79 Å². The summed E-state index contributed by atoms with van der Waals surface area (Å²) in [5.41, 5.74) is 0. The van der Waals surface area contributed by atoms with Crippen LogP contribution < -0.4 is 5.32 Å². The number of ether oxygens (including phenoxy) is 4. The molecule has 0 aromatic rings. The van der Waals surface area contributed by atoms with Gasteiger partial charge >= 0.3 is 0 Å². The van der Waals surface area contributed by atoms with Crippen molar-refractivity contribution < 1.29 is 64.6 Å². The smallest absolute Gasteiger partial charge is 0.220 e. The first kappa shape index (κ1) is 72.8. The van der Waals surface area contributed by atoms with Crippen LogP contribution in [0.2, 0.25) is 0 Å². The second kappa shape index (κ2) is 50.3. The fourth-order valence-electron chi connectivity index (χ4n) is 11.2. The number of hydrogen-bond donors (Lipinski definition) is 9. The van der Waals surface area contributed by atoms with Crippen LogP contribution in [0.5, 0.6) is 0 Å². The molecule has 462 valence electrons. The Morgan fingerprint density at radius 2 is 0.808 bits per heavy atom. The molecule has 2 heterocycles. The third-order valence-electron chi connectivity index (χ3n) is 16.5. The molecule has 12 unspecified atom stereocenters. The normalized spacial score (nSPS) is 24.5. The molecule has 0 spiro atoms. The van der Waals surface area contributed by atoms with Gasteiger partial charge in [0, 0.05) is 6.42 Å². The van der Waals surface area contributed by atoms with Crippen LogP contribution in [0, 0.1) is 0 Å². The summed E-state index contributed by atoms with van der Waals surface area (Å²) in [6.07, 6.45) is 42.3. The van der Waals surface area contributed by atoms with Crippen molar-refractivity contribution in [1.82, 2.24) is 5.32 Å². The lowest BCUT2D eigenvalue weighted by Gasteiger charge is -2.46. The highest BCUT2D eigenvalue weighted by atomic mass is 16.7. The van der Waals surface area contributed by atoms with Crippen LogP contribution in [0.3, 0.4) is 0 Å². The lowest BCUT2D eigenvalue weighted by molar-refractivity contribution is -0.359. The summed E-state index contributed by atoms with van der Waals surface area (Å²) in [6.45, 7) is 2.89. The van der Waals surface area contributed by atoms with Crippen LogP contribution in [0.15, 0.2) is 12.2 Å². The van der Waals surface area contributed by atoms with Crippen LogP contribution in [0.1, 0.15) is 296 Å². The monoisotopic (exact) mass is 1110 g/mol. The molecule has 2 aliphatic heterocycles. The van der Waals surface area contributed by atoms with E-state index in [4.69, 9.17) is 18.9 Å². The number of aliphatic hydroxyl groups excluding tert-OH is 8. The maximum atomic E-state index is 13.3. The van der Waals surface area contributed by atoms with E-state index in [0.29, 0.717) is 19.3 Å². The molecule has 2 rings (SSSR count). The molecule has 0 bridgehead atoms. The molecule has 0 aromatic heterocycles. The molecule has 2 fully saturated rings. The first-order valence-electron chi connectivity index (χ1n) is 32.9. The summed E-state index contributed by atoms with van der Waals surface area (Å²) in [7, 11) is 0. The van der Waals surface area contributed by atoms with Gasteiger partial charge in [0.2, 0.25) is 5.91 Å². The van der Waals surface area contributed by atoms with Gasteiger partial charge < -0.3 is 65.1 Å². The summed E-state index contributed by atoms with van der Waals surface area (Å²) in [5.74, 6) is -0.211. The molecule has 0 aliphatic carbocycles. The molecule has 2 saturated heterocycles. The predicted octanol–water partition coefficient (Wildman–Crippen LogP) is 12.2. The van der Waals surface area contributed by atoms with E-state index in [1.807, 2.05) is 0 Å². The topological polar surface area (TPSA) is 228 Å². The van der Waals surface area contributed by atoms with E-state index >= 15 is 0 Å². The summed E-state index contributed by atoms with van der Waals surface area (Å²) in [5, 5.41) is 87.4. The Morgan fingerprint density at radius 1 is 0.449 bits per heavy atom. The van der Waals surface area contributed by atoms with E-state index in [-0.39, 0.29) is 12.5 Å². The van der Waals surface area contributed by atoms with Crippen molar-refractivity contribution in [2.45, 2.75) is 370 Å². The van der Waals surface area contributed by atoms with Crippen LogP contribution in [-0.2, 0) is 23.7 Å². The van der Waals surface area contributed by atoms with E-state index in [2.05, 4.69) is 31.3 Å². The predicted molar refractivity (Wildman–Crippen MR) is 314 cm³/mol. The lowest BCUT2D eigenvalue weighted by atomic mass is 9.97. The van der Waals surface area contributed by atoms with E-state index in [9.17, 15) is 45.6 Å². The number of carbonyl (C=O) groups is 1. The first-order chi connectivity index (χ1) is 38.1. The van der Waals surface area contributed by atoms with E-state index in [1.165, 1.54) is 199 Å². The van der Waals surface area contributed by atoms with Crippen molar-refractivity contribution in [3.8, 4) is 0 Å². The zero-order valence-electron chi connectivity index (χ0n) is 49.9. The number of allylic oxidation sites excluding steroid dienone is 2. The average molecular weight is 1110 g/mol. The van der Waals surface area contributed by atoms with E-state index < -0.39 is 86.8 Å². The maximum Gasteiger partial charge on any atom is 0.220 e. The molecule has 0 saturated carbocycles. The van der Waals surface area contributed by atoms with Crippen molar-refractivity contribution in [3.63, 3.8) is 0 Å². The Balaban J connectivity index is 1.66. The minimum atomic E-state index is -1.78. The minimum absolute atomic E-state index is 0.211. The van der Waals surface area contributed by atoms with E-state index in [0.717, 1.165) is 64.2 Å². The number of nitrogens with one attached hydrogen (secondary N) is 1. The van der Waals surface area contributed by atoms with Crippen LogP contribution in [-0.4, -0.2) is 140 Å². The number of amides is 1. The Morgan fingerprint density at radius 3 is 1.22 bits per heavy atom. The number of aliphatic hydroxyl groups is 8. The van der Waals surface area contributed by atoms with E-state index in [1.54, 1.807) is 0 Å². The number of carbonyl (C=O) groups excluding carboxylic acids is 1. The van der Waals surface area contributed by atoms with Crippen LogP contribution >= 0.6 is 0 Å². The second-order valence-corrected chi connectivity index (χ2v) is 23.6. The fraction of sp³-hybridized carbons (Fsp3) is 0.953. The van der Waals surface area contributed by atoms with Gasteiger partial charge in [-0.2, -0.15) is 0 Å². The SMILES string of the molecule is CCCCCCCC/C=C\CCCCCCCC(=O)NC(COC1OC(CO)C(OC2OC(CO)C(O)C(O)C2O)C(O)C1O)C(O)CCCCCCCCCCCCCCCCCCCCCCCCCCCCCCC. The molecular formula is C64H123NO13. The van der Waals surface area contributed by atoms with Crippen molar-refractivity contribution in [1.29, 1.82) is 0 Å². The van der Waals surface area contributed by atoms with Gasteiger partial charge in [0.15, 0.2) is 12.6 Å². The van der Waals surface area contributed by atoms with Crippen molar-refractivity contribution >= 4 is 5.91 Å². The Hall–Kier alpha value is -1.27. The highest BCUT2D eigenvalue weighted by Crippen LogP contribution is 2.30. The van der Waals surface area contributed by atoms with Gasteiger partial charge in [-0.25, -0.2) is 0 Å². The summed E-state index contributed by atoms with van der Waals surface area (Å²) < 4.78 is 22.9. The first-order valence-corrected chi connectivity index (χ1v) is 32.9. The molecular weight excluding hydrogens is 991 g/mol. The maximum absolute atomic E-state index is 13.3. The highest BCUT2D eigenvalue weighted by Gasteiger charge is 2.51. The van der Waals surface area contributed by atoms with Gasteiger partial charge in [-0.15, -0.1) is 0 Å². The molecule has 14 nitrogen and oxygen atoms in total. The summed E-state index contributed by atoms with van der Waals surface area (Å²) in [6, 6.07) is -0.831. The standard InChI is InChI=1S/C64H123NO13/c1-3-5-7-9-11-13-15-17-19-20-21-22-23-24-25-26-27-28-29-30-31-32-34-35-37-39-41-43-45-47-53(68)52(65-56(69)48-46-44-42-40-38-36-33-18-16-14-12-10-8-6-4-2)51-75-63-61(74)59(72)62(55(50-67)77-63)78-64-60(73)58(71)57(70)54(49-66)76-64/h18,33,52-55,57-64,66-68,70-74H,3-17,19-32,34-51H2,1-2H3,(H,65,69)/b33-18-. The number of hydrogen-bond acceptors (Lipinski definition) is 13. The van der Waals surface area contributed by atoms with Crippen molar-refractivity contribution in [3.05, 3.63) is 12.2 Å². The second-order valence-electron chi connectivity index (χ2n) is 23.6. The molecule has 2 aliphatic rings. The molecule has 0 radical (unpaired) electrons. The molecule has 14 heteroatoms. The fourth-order valence-corrected chi connectivity index (χ4v) is 11.2. The number of rotatable bonds is 54. The number of unbranched alkanes of at least 4 members (excludes halogenated alkanes) is 39. The van der Waals surface area contributed by atoms with Crippen LogP contribution in [0.25, 0.3) is 0 Å². The third kappa shape index (κ3) is 35.0.